The Morgan fingerprint density at radius 2 is 2.00 bits per heavy atom. The maximum Gasteiger partial charge on any atom is 0.0939 e. The fourth-order valence-corrected chi connectivity index (χ4v) is 1.69. The number of aliphatic hydroxyl groups is 1. The third-order valence-electron chi connectivity index (χ3n) is 1.86. The highest BCUT2D eigenvalue weighted by Crippen LogP contribution is 2.31. The van der Waals surface area contributed by atoms with Crippen LogP contribution in [0.1, 0.15) is 17.2 Å². The first-order valence-corrected chi connectivity index (χ1v) is 5.05. The molecule has 0 radical (unpaired) electrons. The largest absolute Gasteiger partial charge is 0.387 e. The average Bonchev–Trinajstić information content (AvgIpc) is 2.13. The van der Waals surface area contributed by atoms with Gasteiger partial charge in [-0.3, -0.25) is 0 Å². The van der Waals surface area contributed by atoms with Gasteiger partial charge in [-0.1, -0.05) is 29.3 Å². The summed E-state index contributed by atoms with van der Waals surface area (Å²) in [6.07, 6.45) is -0.731. The van der Waals surface area contributed by atoms with Crippen LogP contribution in [0.3, 0.4) is 0 Å². The van der Waals surface area contributed by atoms with Crippen molar-refractivity contribution in [3.05, 3.63) is 33.3 Å². The summed E-state index contributed by atoms with van der Waals surface area (Å²) in [5, 5.41) is 10.5. The van der Waals surface area contributed by atoms with E-state index in [0.717, 1.165) is 5.56 Å². The Balaban J connectivity index is 3.18. The molecule has 1 nitrogen and oxygen atoms in total. The second-order valence-corrected chi connectivity index (χ2v) is 3.84. The molecule has 0 fully saturated rings. The topological polar surface area (TPSA) is 20.2 Å². The minimum Gasteiger partial charge on any atom is -0.387 e. The number of aliphatic hydroxyl groups excluding tert-OH is 1. The summed E-state index contributed by atoms with van der Waals surface area (Å²) in [7, 11) is 0. The smallest absolute Gasteiger partial charge is 0.0939 e. The van der Waals surface area contributed by atoms with Crippen LogP contribution in [-0.2, 0) is 0 Å². The SMILES string of the molecule is Cc1c(Cl)ccc([C@H](O)CCl)c1Cl. The summed E-state index contributed by atoms with van der Waals surface area (Å²) in [5.41, 5.74) is 1.39. The van der Waals surface area contributed by atoms with Gasteiger partial charge in [0.2, 0.25) is 0 Å². The summed E-state index contributed by atoms with van der Waals surface area (Å²) >= 11 is 17.3. The molecule has 0 aromatic heterocycles. The summed E-state index contributed by atoms with van der Waals surface area (Å²) < 4.78 is 0. The number of hydrogen-bond donors (Lipinski definition) is 1. The molecule has 1 rings (SSSR count). The predicted molar refractivity (Wildman–Crippen MR) is 56.9 cm³/mol. The third kappa shape index (κ3) is 2.29. The number of halogens is 3. The van der Waals surface area contributed by atoms with Gasteiger partial charge in [0, 0.05) is 10.6 Å². The molecular formula is C9H9Cl3O. The molecule has 1 N–H and O–H groups in total. The van der Waals surface area contributed by atoms with Crippen LogP contribution >= 0.6 is 34.8 Å². The van der Waals surface area contributed by atoms with Gasteiger partial charge in [0.1, 0.15) is 0 Å². The van der Waals surface area contributed by atoms with Gasteiger partial charge < -0.3 is 5.11 Å². The maximum atomic E-state index is 9.47. The lowest BCUT2D eigenvalue weighted by atomic mass is 10.1. The molecule has 0 heterocycles. The zero-order chi connectivity index (χ0) is 10.0. The highest BCUT2D eigenvalue weighted by Gasteiger charge is 2.13. The van der Waals surface area contributed by atoms with E-state index in [1.165, 1.54) is 0 Å². The molecule has 4 heteroatoms. The minimum absolute atomic E-state index is 0.126. The van der Waals surface area contributed by atoms with Crippen LogP contribution in [0, 0.1) is 6.92 Å². The molecule has 1 aromatic carbocycles. The van der Waals surface area contributed by atoms with Crippen LogP contribution in [0.5, 0.6) is 0 Å². The van der Waals surface area contributed by atoms with E-state index in [-0.39, 0.29) is 5.88 Å². The Bertz CT molecular complexity index is 312. The van der Waals surface area contributed by atoms with E-state index >= 15 is 0 Å². The second kappa shape index (κ2) is 4.52. The molecule has 0 aliphatic carbocycles. The van der Waals surface area contributed by atoms with Crippen molar-refractivity contribution < 1.29 is 5.11 Å². The van der Waals surface area contributed by atoms with Crippen LogP contribution in [0.25, 0.3) is 0 Å². The first kappa shape index (κ1) is 11.1. The van der Waals surface area contributed by atoms with E-state index in [1.807, 2.05) is 0 Å². The van der Waals surface area contributed by atoms with Gasteiger partial charge in [-0.2, -0.15) is 0 Å². The Kier molecular flexibility index (Phi) is 3.87. The number of rotatable bonds is 2. The number of benzene rings is 1. The van der Waals surface area contributed by atoms with Crippen LogP contribution < -0.4 is 0 Å². The summed E-state index contributed by atoms with van der Waals surface area (Å²) in [6, 6.07) is 3.39. The van der Waals surface area contributed by atoms with E-state index in [9.17, 15) is 5.11 Å². The molecule has 13 heavy (non-hydrogen) atoms. The van der Waals surface area contributed by atoms with Crippen molar-refractivity contribution in [2.24, 2.45) is 0 Å². The molecule has 72 valence electrons. The molecule has 0 aliphatic heterocycles. The number of hydrogen-bond acceptors (Lipinski definition) is 1. The fraction of sp³-hybridized carbons (Fsp3) is 0.333. The van der Waals surface area contributed by atoms with Crippen molar-refractivity contribution in [2.45, 2.75) is 13.0 Å². The molecule has 0 unspecified atom stereocenters. The van der Waals surface area contributed by atoms with Crippen molar-refractivity contribution in [3.8, 4) is 0 Å². The Morgan fingerprint density at radius 1 is 1.38 bits per heavy atom. The van der Waals surface area contributed by atoms with Crippen molar-refractivity contribution in [2.75, 3.05) is 5.88 Å². The van der Waals surface area contributed by atoms with Crippen molar-refractivity contribution in [1.82, 2.24) is 0 Å². The molecule has 1 atom stereocenters. The second-order valence-electron chi connectivity index (χ2n) is 2.75. The Morgan fingerprint density at radius 3 is 2.54 bits per heavy atom. The molecule has 0 saturated carbocycles. The van der Waals surface area contributed by atoms with Gasteiger partial charge in [0.25, 0.3) is 0 Å². The lowest BCUT2D eigenvalue weighted by molar-refractivity contribution is 0.202. The molecule has 0 bridgehead atoms. The van der Waals surface area contributed by atoms with Crippen LogP contribution in [0.2, 0.25) is 10.0 Å². The Hall–Kier alpha value is 0.0500. The Labute approximate surface area is 92.2 Å². The van der Waals surface area contributed by atoms with Gasteiger partial charge in [0.15, 0.2) is 0 Å². The normalized spacial score (nSPS) is 13.0. The maximum absolute atomic E-state index is 9.47. The lowest BCUT2D eigenvalue weighted by Gasteiger charge is -2.11. The highest BCUT2D eigenvalue weighted by molar-refractivity contribution is 6.36. The van der Waals surface area contributed by atoms with Crippen molar-refractivity contribution in [1.29, 1.82) is 0 Å². The van der Waals surface area contributed by atoms with E-state index in [0.29, 0.717) is 15.6 Å². The van der Waals surface area contributed by atoms with E-state index < -0.39 is 6.10 Å². The third-order valence-corrected chi connectivity index (χ3v) is 3.06. The van der Waals surface area contributed by atoms with Gasteiger partial charge >= 0.3 is 0 Å². The van der Waals surface area contributed by atoms with Gasteiger partial charge in [-0.15, -0.1) is 11.6 Å². The molecule has 0 aliphatic rings. The molecule has 0 amide bonds. The lowest BCUT2D eigenvalue weighted by Crippen LogP contribution is -2.00. The van der Waals surface area contributed by atoms with Crippen LogP contribution in [0.15, 0.2) is 12.1 Å². The van der Waals surface area contributed by atoms with E-state index in [2.05, 4.69) is 0 Å². The molecule has 0 spiro atoms. The van der Waals surface area contributed by atoms with Crippen LogP contribution in [0.4, 0.5) is 0 Å². The van der Waals surface area contributed by atoms with Gasteiger partial charge in [-0.05, 0) is 18.6 Å². The quantitative estimate of drug-likeness (QED) is 0.782. The van der Waals surface area contributed by atoms with Crippen LogP contribution in [-0.4, -0.2) is 11.0 Å². The molecule has 1 aromatic rings. The first-order chi connectivity index (χ1) is 6.07. The minimum atomic E-state index is -0.731. The molecular weight excluding hydrogens is 230 g/mol. The van der Waals surface area contributed by atoms with E-state index in [4.69, 9.17) is 34.8 Å². The number of alkyl halides is 1. The fourth-order valence-electron chi connectivity index (χ4n) is 1.02. The standard InChI is InChI=1S/C9H9Cl3O/c1-5-7(11)3-2-6(9(5)12)8(13)4-10/h2-3,8,13H,4H2,1H3/t8-/m1/s1. The zero-order valence-electron chi connectivity index (χ0n) is 7.02. The zero-order valence-corrected chi connectivity index (χ0v) is 9.29. The molecule has 0 saturated heterocycles. The summed E-state index contributed by atoms with van der Waals surface area (Å²) in [5.74, 6) is 0.126. The predicted octanol–water partition coefficient (Wildman–Crippen LogP) is 3.57. The van der Waals surface area contributed by atoms with Gasteiger partial charge in [-0.25, -0.2) is 0 Å². The first-order valence-electron chi connectivity index (χ1n) is 3.76. The highest BCUT2D eigenvalue weighted by atomic mass is 35.5. The van der Waals surface area contributed by atoms with Crippen molar-refractivity contribution >= 4 is 34.8 Å². The summed E-state index contributed by atoms with van der Waals surface area (Å²) in [6.45, 7) is 1.80. The van der Waals surface area contributed by atoms with Crippen molar-refractivity contribution in [3.63, 3.8) is 0 Å². The monoisotopic (exact) mass is 238 g/mol. The summed E-state index contributed by atoms with van der Waals surface area (Å²) in [4.78, 5) is 0. The average molecular weight is 240 g/mol. The van der Waals surface area contributed by atoms with Gasteiger partial charge in [0.05, 0.1) is 17.0 Å². The van der Waals surface area contributed by atoms with E-state index in [1.54, 1.807) is 19.1 Å².